The van der Waals surface area contributed by atoms with E-state index < -0.39 is 0 Å². The minimum atomic E-state index is 0.186. The monoisotopic (exact) mass is 235 g/mol. The summed E-state index contributed by atoms with van der Waals surface area (Å²) in [5, 5.41) is 0. The van der Waals surface area contributed by atoms with Crippen LogP contribution in [0.25, 0.3) is 0 Å². The van der Waals surface area contributed by atoms with Crippen LogP contribution in [0.5, 0.6) is 0 Å². The number of imidazole rings is 1. The molecule has 4 heteroatoms. The Morgan fingerprint density at radius 3 is 3.06 bits per heavy atom. The molecule has 1 aliphatic rings. The summed E-state index contributed by atoms with van der Waals surface area (Å²) in [4.78, 5) is 18.0. The highest BCUT2D eigenvalue weighted by Gasteiger charge is 2.23. The first-order chi connectivity index (χ1) is 8.20. The number of rotatable bonds is 4. The first-order valence-corrected chi connectivity index (χ1v) is 6.44. The van der Waals surface area contributed by atoms with Crippen LogP contribution in [0.2, 0.25) is 0 Å². The van der Waals surface area contributed by atoms with Crippen LogP contribution in [0.15, 0.2) is 12.5 Å². The van der Waals surface area contributed by atoms with Gasteiger partial charge in [0.15, 0.2) is 0 Å². The number of carbonyl (C=O) groups excluding carboxylic acids is 1. The number of aromatic nitrogens is 2. The van der Waals surface area contributed by atoms with Gasteiger partial charge >= 0.3 is 0 Å². The minimum absolute atomic E-state index is 0.186. The molecular weight excluding hydrogens is 214 g/mol. The number of aryl methyl sites for hydroxylation is 1. The standard InChI is InChI=1S/C13H21N3O/c1-3-5-16-10-14-7-12(16)9-15-6-4-13(17)11(2)8-15/h7,10-11H,3-6,8-9H2,1-2H3. The van der Waals surface area contributed by atoms with Gasteiger partial charge in [-0.05, 0) is 6.42 Å². The van der Waals surface area contributed by atoms with Crippen molar-refractivity contribution in [2.24, 2.45) is 5.92 Å². The maximum absolute atomic E-state index is 11.5. The fraction of sp³-hybridized carbons (Fsp3) is 0.692. The molecule has 2 heterocycles. The van der Waals surface area contributed by atoms with Crippen LogP contribution in [-0.4, -0.2) is 33.3 Å². The Bertz CT molecular complexity index is 386. The smallest absolute Gasteiger partial charge is 0.138 e. The molecule has 0 spiro atoms. The van der Waals surface area contributed by atoms with Crippen LogP contribution in [-0.2, 0) is 17.9 Å². The summed E-state index contributed by atoms with van der Waals surface area (Å²) in [6.45, 7) is 7.91. The third-order valence-electron chi connectivity index (χ3n) is 3.40. The zero-order valence-corrected chi connectivity index (χ0v) is 10.7. The van der Waals surface area contributed by atoms with Crippen LogP contribution >= 0.6 is 0 Å². The van der Waals surface area contributed by atoms with E-state index in [1.165, 1.54) is 5.69 Å². The fourth-order valence-corrected chi connectivity index (χ4v) is 2.39. The van der Waals surface area contributed by atoms with Crippen molar-refractivity contribution in [2.75, 3.05) is 13.1 Å². The van der Waals surface area contributed by atoms with Crippen molar-refractivity contribution in [1.29, 1.82) is 0 Å². The van der Waals surface area contributed by atoms with E-state index in [4.69, 9.17) is 0 Å². The molecule has 1 aromatic rings. The van der Waals surface area contributed by atoms with E-state index in [-0.39, 0.29) is 5.92 Å². The highest BCUT2D eigenvalue weighted by Crippen LogP contribution is 2.15. The molecule has 17 heavy (non-hydrogen) atoms. The zero-order chi connectivity index (χ0) is 12.3. The third kappa shape index (κ3) is 2.94. The summed E-state index contributed by atoms with van der Waals surface area (Å²) < 4.78 is 2.21. The summed E-state index contributed by atoms with van der Waals surface area (Å²) in [5.41, 5.74) is 1.26. The molecule has 0 aliphatic carbocycles. The second-order valence-corrected chi connectivity index (χ2v) is 4.93. The number of nitrogens with zero attached hydrogens (tertiary/aromatic N) is 3. The molecule has 0 radical (unpaired) electrons. The molecule has 2 rings (SSSR count). The van der Waals surface area contributed by atoms with Gasteiger partial charge in [0.25, 0.3) is 0 Å². The van der Waals surface area contributed by atoms with Crippen molar-refractivity contribution in [3.05, 3.63) is 18.2 Å². The molecule has 1 aliphatic heterocycles. The number of carbonyl (C=O) groups is 1. The maximum atomic E-state index is 11.5. The molecule has 0 bridgehead atoms. The Balaban J connectivity index is 1.96. The summed E-state index contributed by atoms with van der Waals surface area (Å²) in [6, 6.07) is 0. The van der Waals surface area contributed by atoms with Crippen molar-refractivity contribution in [3.63, 3.8) is 0 Å². The molecule has 0 N–H and O–H groups in total. The highest BCUT2D eigenvalue weighted by molar-refractivity contribution is 5.81. The SMILES string of the molecule is CCCn1cncc1CN1CCC(=O)C(C)C1. The lowest BCUT2D eigenvalue weighted by Crippen LogP contribution is -2.39. The van der Waals surface area contributed by atoms with Gasteiger partial charge < -0.3 is 4.57 Å². The minimum Gasteiger partial charge on any atom is -0.333 e. The van der Waals surface area contributed by atoms with Crippen LogP contribution in [0.1, 0.15) is 32.4 Å². The van der Waals surface area contributed by atoms with Crippen molar-refractivity contribution in [3.8, 4) is 0 Å². The van der Waals surface area contributed by atoms with E-state index in [0.717, 1.165) is 32.6 Å². The van der Waals surface area contributed by atoms with E-state index in [1.54, 1.807) is 0 Å². The van der Waals surface area contributed by atoms with Gasteiger partial charge in [-0.25, -0.2) is 4.98 Å². The van der Waals surface area contributed by atoms with Crippen LogP contribution in [0, 0.1) is 5.92 Å². The third-order valence-corrected chi connectivity index (χ3v) is 3.40. The molecule has 1 atom stereocenters. The Morgan fingerprint density at radius 1 is 1.53 bits per heavy atom. The number of ketones is 1. The predicted octanol–water partition coefficient (Wildman–Crippen LogP) is 1.70. The lowest BCUT2D eigenvalue weighted by Gasteiger charge is -2.29. The van der Waals surface area contributed by atoms with Gasteiger partial charge in [-0.1, -0.05) is 13.8 Å². The first-order valence-electron chi connectivity index (χ1n) is 6.44. The largest absolute Gasteiger partial charge is 0.333 e. The van der Waals surface area contributed by atoms with Gasteiger partial charge in [0.05, 0.1) is 12.0 Å². The normalized spacial score (nSPS) is 22.0. The van der Waals surface area contributed by atoms with Crippen molar-refractivity contribution < 1.29 is 4.79 Å². The van der Waals surface area contributed by atoms with Crippen LogP contribution in [0.4, 0.5) is 0 Å². The average molecular weight is 235 g/mol. The van der Waals surface area contributed by atoms with Gasteiger partial charge in [-0.2, -0.15) is 0 Å². The fourth-order valence-electron chi connectivity index (χ4n) is 2.39. The number of hydrogen-bond acceptors (Lipinski definition) is 3. The van der Waals surface area contributed by atoms with Gasteiger partial charge in [-0.3, -0.25) is 9.69 Å². The predicted molar refractivity (Wildman–Crippen MR) is 66.6 cm³/mol. The molecule has 0 saturated carbocycles. The van der Waals surface area contributed by atoms with E-state index >= 15 is 0 Å². The Hall–Kier alpha value is -1.16. The molecule has 1 aromatic heterocycles. The van der Waals surface area contributed by atoms with Crippen molar-refractivity contribution in [1.82, 2.24) is 14.5 Å². The topological polar surface area (TPSA) is 38.1 Å². The van der Waals surface area contributed by atoms with E-state index in [1.807, 2.05) is 19.4 Å². The van der Waals surface area contributed by atoms with E-state index in [0.29, 0.717) is 12.2 Å². The molecule has 1 fully saturated rings. The maximum Gasteiger partial charge on any atom is 0.138 e. The number of piperidine rings is 1. The first kappa shape index (κ1) is 12.3. The second-order valence-electron chi connectivity index (χ2n) is 4.93. The summed E-state index contributed by atoms with van der Waals surface area (Å²) >= 11 is 0. The molecule has 1 unspecified atom stereocenters. The average Bonchev–Trinajstić information content (AvgIpc) is 2.72. The zero-order valence-electron chi connectivity index (χ0n) is 10.7. The number of Topliss-reactive ketones (excluding diaryl/α,β-unsaturated/α-hetero) is 1. The Labute approximate surface area is 103 Å². The van der Waals surface area contributed by atoms with Gasteiger partial charge in [0, 0.05) is 44.7 Å². The van der Waals surface area contributed by atoms with E-state index in [2.05, 4.69) is 21.4 Å². The van der Waals surface area contributed by atoms with E-state index in [9.17, 15) is 4.79 Å². The Morgan fingerprint density at radius 2 is 2.35 bits per heavy atom. The Kier molecular flexibility index (Phi) is 3.94. The second kappa shape index (κ2) is 5.45. The van der Waals surface area contributed by atoms with Crippen molar-refractivity contribution in [2.45, 2.75) is 39.8 Å². The lowest BCUT2D eigenvalue weighted by molar-refractivity contribution is -0.125. The molecule has 4 nitrogen and oxygen atoms in total. The highest BCUT2D eigenvalue weighted by atomic mass is 16.1. The van der Waals surface area contributed by atoms with Crippen LogP contribution in [0.3, 0.4) is 0 Å². The van der Waals surface area contributed by atoms with Crippen LogP contribution < -0.4 is 0 Å². The van der Waals surface area contributed by atoms with Gasteiger partial charge in [0.2, 0.25) is 0 Å². The lowest BCUT2D eigenvalue weighted by atomic mass is 9.98. The molecule has 1 saturated heterocycles. The number of likely N-dealkylation sites (tertiary alicyclic amines) is 1. The molecule has 0 aromatic carbocycles. The molecule has 94 valence electrons. The summed E-state index contributed by atoms with van der Waals surface area (Å²) in [7, 11) is 0. The van der Waals surface area contributed by atoms with Crippen molar-refractivity contribution >= 4 is 5.78 Å². The quantitative estimate of drug-likeness (QED) is 0.797. The summed E-state index contributed by atoms with van der Waals surface area (Å²) in [6.07, 6.45) is 5.66. The van der Waals surface area contributed by atoms with Gasteiger partial charge in [-0.15, -0.1) is 0 Å². The molecule has 0 amide bonds. The molecular formula is C13H21N3O. The van der Waals surface area contributed by atoms with Gasteiger partial charge in [0.1, 0.15) is 5.78 Å². The number of hydrogen-bond donors (Lipinski definition) is 0. The summed E-state index contributed by atoms with van der Waals surface area (Å²) in [5.74, 6) is 0.592.